The number of hydrogen-bond donors (Lipinski definition) is 1. The van der Waals surface area contributed by atoms with Crippen molar-refractivity contribution in [3.8, 4) is 10.6 Å². The van der Waals surface area contributed by atoms with E-state index in [0.717, 1.165) is 15.8 Å². The first-order valence-electron chi connectivity index (χ1n) is 9.17. The van der Waals surface area contributed by atoms with Gasteiger partial charge in [0.1, 0.15) is 18.1 Å². The Hall–Kier alpha value is -3.32. The van der Waals surface area contributed by atoms with Crippen LogP contribution < -0.4 is 10.9 Å². The van der Waals surface area contributed by atoms with Crippen LogP contribution in [0.3, 0.4) is 0 Å². The average molecular weight is 407 g/mol. The molecule has 0 aliphatic heterocycles. The first kappa shape index (κ1) is 19.0. The molecule has 2 aromatic carbocycles. The number of nitrogens with zero attached hydrogens (tertiary/aromatic N) is 2. The molecule has 7 heteroatoms. The minimum absolute atomic E-state index is 0.161. The first-order chi connectivity index (χ1) is 14.1. The van der Waals surface area contributed by atoms with E-state index >= 15 is 0 Å². The lowest BCUT2D eigenvalue weighted by Gasteiger charge is -2.10. The predicted octanol–water partition coefficient (Wildman–Crippen LogP) is 3.62. The average Bonchev–Trinajstić information content (AvgIpc) is 3.26. The van der Waals surface area contributed by atoms with Crippen molar-refractivity contribution in [1.82, 2.24) is 15.1 Å². The molecule has 2 aromatic heterocycles. The molecular weight excluding hydrogens is 389 g/mol. The van der Waals surface area contributed by atoms with E-state index in [-0.39, 0.29) is 23.8 Å². The highest BCUT2D eigenvalue weighted by Crippen LogP contribution is 2.28. The monoisotopic (exact) mass is 407 g/mol. The molecular formula is C22H18FN3O2S. The number of thiophene rings is 1. The lowest BCUT2D eigenvalue weighted by atomic mass is 10.1. The highest BCUT2D eigenvalue weighted by atomic mass is 32.1. The van der Waals surface area contributed by atoms with Crippen molar-refractivity contribution >= 4 is 28.0 Å². The molecule has 0 bridgehead atoms. The summed E-state index contributed by atoms with van der Waals surface area (Å²) in [6.45, 7) is 0.232. The van der Waals surface area contributed by atoms with Crippen molar-refractivity contribution in [3.05, 3.63) is 87.8 Å². The minimum Gasteiger partial charge on any atom is -0.354 e. The smallest absolute Gasteiger partial charge is 0.275 e. The van der Waals surface area contributed by atoms with Gasteiger partial charge in [0, 0.05) is 11.9 Å². The molecule has 0 aliphatic carbocycles. The van der Waals surface area contributed by atoms with Crippen LogP contribution in [0.4, 0.5) is 4.39 Å². The third-order valence-corrected chi connectivity index (χ3v) is 5.44. The van der Waals surface area contributed by atoms with E-state index < -0.39 is 0 Å². The van der Waals surface area contributed by atoms with E-state index in [1.807, 2.05) is 29.6 Å². The molecule has 1 N–H and O–H groups in total. The zero-order valence-corrected chi connectivity index (χ0v) is 16.3. The molecule has 0 radical (unpaired) electrons. The SMILES string of the molecule is O=C(Cn1nc(-c2cccs2)c2ccccc2c1=O)NCCc1ccc(F)cc1. The minimum atomic E-state index is -0.297. The second kappa shape index (κ2) is 8.36. The summed E-state index contributed by atoms with van der Waals surface area (Å²) in [6, 6.07) is 17.3. The second-order valence-electron chi connectivity index (χ2n) is 6.56. The fraction of sp³-hybridized carbons (Fsp3) is 0.136. The van der Waals surface area contributed by atoms with Crippen molar-refractivity contribution in [2.45, 2.75) is 13.0 Å². The number of amides is 1. The van der Waals surface area contributed by atoms with Crippen LogP contribution in [0.15, 0.2) is 70.8 Å². The quantitative estimate of drug-likeness (QED) is 0.531. The lowest BCUT2D eigenvalue weighted by molar-refractivity contribution is -0.121. The molecule has 0 atom stereocenters. The summed E-state index contributed by atoms with van der Waals surface area (Å²) in [5.41, 5.74) is 1.32. The molecule has 2 heterocycles. The van der Waals surface area contributed by atoms with Crippen molar-refractivity contribution in [3.63, 3.8) is 0 Å². The zero-order valence-electron chi connectivity index (χ0n) is 15.5. The van der Waals surface area contributed by atoms with Gasteiger partial charge in [0.25, 0.3) is 5.56 Å². The molecule has 5 nitrogen and oxygen atoms in total. The van der Waals surface area contributed by atoms with Gasteiger partial charge in [0.2, 0.25) is 5.91 Å². The van der Waals surface area contributed by atoms with Gasteiger partial charge >= 0.3 is 0 Å². The Morgan fingerprint density at radius 3 is 2.52 bits per heavy atom. The van der Waals surface area contributed by atoms with Crippen molar-refractivity contribution < 1.29 is 9.18 Å². The molecule has 146 valence electrons. The molecule has 0 unspecified atom stereocenters. The van der Waals surface area contributed by atoms with E-state index in [1.54, 1.807) is 24.3 Å². The Kier molecular flexibility index (Phi) is 5.48. The highest BCUT2D eigenvalue weighted by molar-refractivity contribution is 7.13. The number of aromatic nitrogens is 2. The number of fused-ring (bicyclic) bond motifs is 1. The maximum atomic E-state index is 13.0. The number of nitrogens with one attached hydrogen (secondary N) is 1. The van der Waals surface area contributed by atoms with E-state index in [0.29, 0.717) is 24.0 Å². The number of rotatable bonds is 6. The Morgan fingerprint density at radius 2 is 1.79 bits per heavy atom. The molecule has 4 aromatic rings. The summed E-state index contributed by atoms with van der Waals surface area (Å²) >= 11 is 1.53. The van der Waals surface area contributed by atoms with Crippen LogP contribution in [0.25, 0.3) is 21.3 Å². The van der Waals surface area contributed by atoms with Gasteiger partial charge in [-0.05, 0) is 41.6 Å². The normalized spacial score (nSPS) is 10.9. The Balaban J connectivity index is 1.53. The lowest BCUT2D eigenvalue weighted by Crippen LogP contribution is -2.34. The number of hydrogen-bond acceptors (Lipinski definition) is 4. The van der Waals surface area contributed by atoms with E-state index in [9.17, 15) is 14.0 Å². The summed E-state index contributed by atoms with van der Waals surface area (Å²) < 4.78 is 14.2. The van der Waals surface area contributed by atoms with Gasteiger partial charge in [-0.15, -0.1) is 11.3 Å². The molecule has 0 saturated carbocycles. The van der Waals surface area contributed by atoms with Crippen LogP contribution in [0, 0.1) is 5.82 Å². The largest absolute Gasteiger partial charge is 0.354 e. The third-order valence-electron chi connectivity index (χ3n) is 4.56. The third kappa shape index (κ3) is 4.25. The maximum absolute atomic E-state index is 13.0. The summed E-state index contributed by atoms with van der Waals surface area (Å²) in [5, 5.41) is 10.5. The summed E-state index contributed by atoms with van der Waals surface area (Å²) in [5.74, 6) is -0.588. The standard InChI is InChI=1S/C22H18FN3O2S/c23-16-9-7-15(8-10-16)11-12-24-20(27)14-26-22(28)18-5-2-1-4-17(18)21(25-26)19-6-3-13-29-19/h1-10,13H,11-12,14H2,(H,24,27). The highest BCUT2D eigenvalue weighted by Gasteiger charge is 2.14. The van der Waals surface area contributed by atoms with Crippen LogP contribution in [-0.2, 0) is 17.8 Å². The zero-order chi connectivity index (χ0) is 20.2. The Labute approximate surface area is 170 Å². The summed E-state index contributed by atoms with van der Waals surface area (Å²) in [6.07, 6.45) is 0.576. The van der Waals surface area contributed by atoms with E-state index in [1.165, 1.54) is 28.2 Å². The van der Waals surface area contributed by atoms with Crippen molar-refractivity contribution in [2.75, 3.05) is 6.54 Å². The molecule has 0 spiro atoms. The molecule has 4 rings (SSSR count). The van der Waals surface area contributed by atoms with Crippen molar-refractivity contribution in [1.29, 1.82) is 0 Å². The van der Waals surface area contributed by atoms with Gasteiger partial charge in [-0.3, -0.25) is 9.59 Å². The fourth-order valence-corrected chi connectivity index (χ4v) is 3.85. The van der Waals surface area contributed by atoms with Gasteiger partial charge in [-0.25, -0.2) is 9.07 Å². The van der Waals surface area contributed by atoms with Crippen LogP contribution in [0.1, 0.15) is 5.56 Å². The topological polar surface area (TPSA) is 64.0 Å². The van der Waals surface area contributed by atoms with Crippen LogP contribution in [-0.4, -0.2) is 22.2 Å². The molecule has 0 fully saturated rings. The number of carbonyl (C=O) groups is 1. The number of benzene rings is 2. The van der Waals surface area contributed by atoms with Crippen LogP contribution >= 0.6 is 11.3 Å². The van der Waals surface area contributed by atoms with Crippen LogP contribution in [0.2, 0.25) is 0 Å². The molecule has 0 saturated heterocycles. The van der Waals surface area contributed by atoms with Gasteiger partial charge in [0.05, 0.1) is 10.3 Å². The Morgan fingerprint density at radius 1 is 1.03 bits per heavy atom. The molecule has 0 aliphatic rings. The predicted molar refractivity (Wildman–Crippen MR) is 112 cm³/mol. The van der Waals surface area contributed by atoms with Gasteiger partial charge < -0.3 is 5.32 Å². The molecule has 29 heavy (non-hydrogen) atoms. The van der Waals surface area contributed by atoms with E-state index in [2.05, 4.69) is 10.4 Å². The fourth-order valence-electron chi connectivity index (χ4n) is 3.13. The number of carbonyl (C=O) groups excluding carboxylic acids is 1. The van der Waals surface area contributed by atoms with Gasteiger partial charge in [-0.2, -0.15) is 5.10 Å². The summed E-state index contributed by atoms with van der Waals surface area (Å²) in [7, 11) is 0. The summed E-state index contributed by atoms with van der Waals surface area (Å²) in [4.78, 5) is 26.1. The molecule has 1 amide bonds. The van der Waals surface area contributed by atoms with E-state index in [4.69, 9.17) is 0 Å². The van der Waals surface area contributed by atoms with Gasteiger partial charge in [-0.1, -0.05) is 36.4 Å². The maximum Gasteiger partial charge on any atom is 0.275 e. The van der Waals surface area contributed by atoms with Crippen LogP contribution in [0.5, 0.6) is 0 Å². The van der Waals surface area contributed by atoms with Gasteiger partial charge in [0.15, 0.2) is 0 Å². The Bertz CT molecular complexity index is 1200. The number of halogens is 1. The second-order valence-corrected chi connectivity index (χ2v) is 7.51. The van der Waals surface area contributed by atoms with Crippen molar-refractivity contribution in [2.24, 2.45) is 0 Å². The first-order valence-corrected chi connectivity index (χ1v) is 10.0.